The van der Waals surface area contributed by atoms with Gasteiger partial charge in [-0.25, -0.2) is 0 Å². The van der Waals surface area contributed by atoms with E-state index >= 15 is 0 Å². The molecule has 0 bridgehead atoms. The van der Waals surface area contributed by atoms with Gasteiger partial charge in [0.15, 0.2) is 0 Å². The molecule has 0 atom stereocenters. The maximum Gasteiger partial charge on any atom is 0.0627 e. The third kappa shape index (κ3) is 2.19. The molecule has 0 amide bonds. The Kier molecular flexibility index (Phi) is 3.73. The van der Waals surface area contributed by atoms with E-state index < -0.39 is 7.14 Å². The largest absolute Gasteiger partial charge is 0.291 e. The zero-order valence-corrected chi connectivity index (χ0v) is 10.7. The first-order valence-electron chi connectivity index (χ1n) is 5.16. The molecule has 0 spiro atoms. The van der Waals surface area contributed by atoms with Crippen molar-refractivity contribution in [1.29, 1.82) is 0 Å². The van der Waals surface area contributed by atoms with Gasteiger partial charge in [-0.1, -0.05) is 36.4 Å². The first-order valence-corrected chi connectivity index (χ1v) is 7.83. The predicted octanol–water partition coefficient (Wildman–Crippen LogP) is 2.63. The van der Waals surface area contributed by atoms with Crippen LogP contribution < -0.4 is 10.6 Å². The minimum Gasteiger partial charge on any atom is -0.291 e. The summed E-state index contributed by atoms with van der Waals surface area (Å²) in [5.41, 5.74) is 0.695. The van der Waals surface area contributed by atoms with Crippen LogP contribution in [0.15, 0.2) is 60.7 Å². The monoisotopic (exact) mass is 243 g/mol. The van der Waals surface area contributed by atoms with Gasteiger partial charge in [-0.2, -0.15) is 7.14 Å². The zero-order valence-electron chi connectivity index (χ0n) is 8.95. The molecule has 0 saturated carbocycles. The molecule has 0 heterocycles. The molecule has 0 aliphatic heterocycles. The molecule has 2 aromatic rings. The summed E-state index contributed by atoms with van der Waals surface area (Å²) in [6, 6.07) is 20.5. The summed E-state index contributed by atoms with van der Waals surface area (Å²) in [5.74, 6) is 0. The van der Waals surface area contributed by atoms with Gasteiger partial charge in [0.05, 0.1) is 5.49 Å². The highest BCUT2D eigenvalue weighted by Crippen LogP contribution is 2.51. The fraction of sp³-hybridized carbons (Fsp3) is 0.0769. The standard InChI is InChI=1S/C13H12BPS/c14-15(11-16,12-7-3-1-4-8-12)13-9-5-2-6-10-13/h1-10H,11H2/q-1/p+1. The van der Waals surface area contributed by atoms with E-state index in [1.165, 1.54) is 10.6 Å². The highest BCUT2D eigenvalue weighted by Gasteiger charge is 2.21. The van der Waals surface area contributed by atoms with Crippen molar-refractivity contribution in [3.8, 4) is 0 Å². The van der Waals surface area contributed by atoms with E-state index in [4.69, 9.17) is 7.57 Å². The number of rotatable bonds is 3. The average Bonchev–Trinajstić information content (AvgIpc) is 2.40. The van der Waals surface area contributed by atoms with Crippen LogP contribution in [0.25, 0.3) is 0 Å². The van der Waals surface area contributed by atoms with Crippen molar-refractivity contribution in [2.45, 2.75) is 0 Å². The van der Waals surface area contributed by atoms with Crippen LogP contribution in [0.1, 0.15) is 0 Å². The predicted molar refractivity (Wildman–Crippen MR) is 78.7 cm³/mol. The van der Waals surface area contributed by atoms with Gasteiger partial charge in [-0.05, 0) is 24.3 Å². The number of hydrogen-bond donors (Lipinski definition) is 1. The minimum absolute atomic E-state index is 0.695. The van der Waals surface area contributed by atoms with E-state index in [0.29, 0.717) is 5.49 Å². The second-order valence-electron chi connectivity index (χ2n) is 3.68. The zero-order chi connectivity index (χ0) is 11.4. The minimum atomic E-state index is -1.79. The van der Waals surface area contributed by atoms with Gasteiger partial charge in [0.1, 0.15) is 0 Å². The van der Waals surface area contributed by atoms with Crippen molar-refractivity contribution in [1.82, 2.24) is 0 Å². The Hall–Kier alpha value is -0.715. The summed E-state index contributed by atoms with van der Waals surface area (Å²) in [6.45, 7) is 0. The van der Waals surface area contributed by atoms with Crippen LogP contribution >= 0.6 is 19.8 Å². The number of benzene rings is 2. The van der Waals surface area contributed by atoms with Gasteiger partial charge < -0.3 is 0 Å². The highest BCUT2D eigenvalue weighted by molar-refractivity contribution is 8.15. The molecule has 79 valence electrons. The lowest BCUT2D eigenvalue weighted by atomic mass is 10.4. The Morgan fingerprint density at radius 3 is 1.50 bits per heavy atom. The van der Waals surface area contributed by atoms with E-state index in [9.17, 15) is 0 Å². The SMILES string of the molecule is [B-][P+](CS)(c1ccccc1)c1ccccc1. The molecule has 0 aromatic heterocycles. The van der Waals surface area contributed by atoms with Gasteiger partial charge in [-0.15, -0.1) is 12.6 Å². The van der Waals surface area contributed by atoms with Gasteiger partial charge in [0.25, 0.3) is 0 Å². The maximum atomic E-state index is 6.57. The van der Waals surface area contributed by atoms with Crippen LogP contribution in [-0.2, 0) is 0 Å². The Morgan fingerprint density at radius 2 is 1.19 bits per heavy atom. The Morgan fingerprint density at radius 1 is 0.812 bits per heavy atom. The molecule has 3 radical (unpaired) electrons. The first kappa shape index (κ1) is 11.8. The summed E-state index contributed by atoms with van der Waals surface area (Å²) < 4.78 is 0. The molecule has 16 heavy (non-hydrogen) atoms. The van der Waals surface area contributed by atoms with Gasteiger partial charge >= 0.3 is 0 Å². The summed E-state index contributed by atoms with van der Waals surface area (Å²) >= 11 is 4.45. The van der Waals surface area contributed by atoms with Gasteiger partial charge in [0.2, 0.25) is 0 Å². The van der Waals surface area contributed by atoms with E-state index in [1.807, 2.05) is 36.4 Å². The quantitative estimate of drug-likeness (QED) is 0.478. The van der Waals surface area contributed by atoms with Crippen LogP contribution in [-0.4, -0.2) is 13.1 Å². The van der Waals surface area contributed by atoms with Gasteiger partial charge in [0, 0.05) is 10.6 Å². The molecule has 3 heteroatoms. The Labute approximate surface area is 104 Å². The average molecular weight is 243 g/mol. The first-order chi connectivity index (χ1) is 7.77. The topological polar surface area (TPSA) is 0 Å². The van der Waals surface area contributed by atoms with Crippen LogP contribution in [0.2, 0.25) is 0 Å². The third-order valence-corrected chi connectivity index (χ3v) is 6.88. The van der Waals surface area contributed by atoms with E-state index in [-0.39, 0.29) is 0 Å². The molecule has 0 saturated heterocycles. The van der Waals surface area contributed by atoms with Crippen LogP contribution in [0, 0.1) is 0 Å². The second kappa shape index (κ2) is 5.08. The van der Waals surface area contributed by atoms with E-state index in [0.717, 1.165) is 0 Å². The number of hydrogen-bond acceptors (Lipinski definition) is 1. The maximum absolute atomic E-state index is 6.57. The Balaban J connectivity index is 2.49. The molecule has 0 fully saturated rings. The third-order valence-electron chi connectivity index (χ3n) is 2.66. The molecular formula is C13H13BPS. The van der Waals surface area contributed by atoms with Crippen LogP contribution in [0.4, 0.5) is 0 Å². The van der Waals surface area contributed by atoms with Crippen molar-refractivity contribution < 1.29 is 0 Å². The van der Waals surface area contributed by atoms with Crippen molar-refractivity contribution in [2.24, 2.45) is 0 Å². The van der Waals surface area contributed by atoms with Crippen LogP contribution in [0.5, 0.6) is 0 Å². The van der Waals surface area contributed by atoms with Gasteiger partial charge in [-0.3, -0.25) is 7.57 Å². The molecule has 0 aliphatic carbocycles. The van der Waals surface area contributed by atoms with Crippen LogP contribution in [0.3, 0.4) is 0 Å². The Bertz CT molecular complexity index is 405. The summed E-state index contributed by atoms with van der Waals surface area (Å²) in [5, 5.41) is 2.41. The normalized spacial score (nSPS) is 11.4. The summed E-state index contributed by atoms with van der Waals surface area (Å²) in [6.07, 6.45) is 0. The molecule has 2 aromatic carbocycles. The van der Waals surface area contributed by atoms with Crippen molar-refractivity contribution in [2.75, 3.05) is 5.49 Å². The molecule has 0 N–H and O–H groups in total. The summed E-state index contributed by atoms with van der Waals surface area (Å²) in [4.78, 5) is 0. The second-order valence-corrected chi connectivity index (χ2v) is 7.58. The van der Waals surface area contributed by atoms with Crippen molar-refractivity contribution in [3.63, 3.8) is 0 Å². The van der Waals surface area contributed by atoms with Crippen molar-refractivity contribution in [3.05, 3.63) is 60.7 Å². The lowest BCUT2D eigenvalue weighted by Gasteiger charge is -2.34. The molecule has 0 aliphatic rings. The van der Waals surface area contributed by atoms with E-state index in [2.05, 4.69) is 36.9 Å². The lowest BCUT2D eigenvalue weighted by Crippen LogP contribution is -2.23. The lowest BCUT2D eigenvalue weighted by molar-refractivity contribution is 1.74. The molecule has 2 rings (SSSR count). The number of thiol groups is 1. The molecule has 0 nitrogen and oxygen atoms in total. The smallest absolute Gasteiger partial charge is 0.0627 e. The summed E-state index contributed by atoms with van der Waals surface area (Å²) in [7, 11) is 4.78. The molecule has 0 unspecified atom stereocenters. The fourth-order valence-corrected chi connectivity index (χ4v) is 4.71. The highest BCUT2D eigenvalue weighted by atomic mass is 32.1. The van der Waals surface area contributed by atoms with E-state index in [1.54, 1.807) is 0 Å². The molecular weight excluding hydrogens is 230 g/mol. The van der Waals surface area contributed by atoms with Crippen molar-refractivity contribution >= 4 is 37.9 Å². The fourth-order valence-electron chi connectivity index (χ4n) is 1.70.